The van der Waals surface area contributed by atoms with E-state index in [1.165, 1.54) is 11.1 Å². The molecule has 0 saturated carbocycles. The Kier molecular flexibility index (Phi) is 4.04. The number of hydrogen-bond donors (Lipinski definition) is 1. The lowest BCUT2D eigenvalue weighted by atomic mass is 10.1. The van der Waals surface area contributed by atoms with Crippen LogP contribution >= 0.6 is 11.6 Å². The third-order valence-corrected chi connectivity index (χ3v) is 3.62. The molecule has 0 radical (unpaired) electrons. The summed E-state index contributed by atoms with van der Waals surface area (Å²) < 4.78 is 1.71. The molecule has 0 aliphatic rings. The van der Waals surface area contributed by atoms with E-state index >= 15 is 0 Å². The van der Waals surface area contributed by atoms with Crippen molar-refractivity contribution >= 4 is 11.6 Å². The Hall–Kier alpha value is -1.32. The van der Waals surface area contributed by atoms with Crippen molar-refractivity contribution in [1.29, 1.82) is 0 Å². The van der Waals surface area contributed by atoms with E-state index in [9.17, 15) is 0 Å². The summed E-state index contributed by atoms with van der Waals surface area (Å²) in [7, 11) is 1.86. The van der Waals surface area contributed by atoms with Gasteiger partial charge < -0.3 is 5.32 Å². The molecule has 1 N–H and O–H groups in total. The smallest absolute Gasteiger partial charge is 0.131 e. The minimum absolute atomic E-state index is 0.713. The van der Waals surface area contributed by atoms with Crippen LogP contribution in [0.3, 0.4) is 0 Å². The molecule has 96 valence electrons. The van der Waals surface area contributed by atoms with Crippen molar-refractivity contribution in [2.24, 2.45) is 7.05 Å². The number of rotatable bonds is 4. The van der Waals surface area contributed by atoms with Crippen LogP contribution in [0.2, 0.25) is 5.15 Å². The maximum absolute atomic E-state index is 6.19. The number of aromatic nitrogens is 2. The summed E-state index contributed by atoms with van der Waals surface area (Å²) in [5.74, 6) is 0. The molecule has 0 saturated heterocycles. The number of benzene rings is 1. The topological polar surface area (TPSA) is 29.9 Å². The van der Waals surface area contributed by atoms with E-state index in [0.717, 1.165) is 24.3 Å². The molecule has 1 aromatic heterocycles. The molecule has 2 aromatic rings. The van der Waals surface area contributed by atoms with Gasteiger partial charge in [-0.25, -0.2) is 0 Å². The van der Waals surface area contributed by atoms with Crippen LogP contribution < -0.4 is 5.32 Å². The SMILES string of the molecule is Cc1ccccc1CNCc1c(C)nn(C)c1Cl. The van der Waals surface area contributed by atoms with Crippen LogP contribution in [0.15, 0.2) is 24.3 Å². The summed E-state index contributed by atoms with van der Waals surface area (Å²) in [6, 6.07) is 8.38. The lowest BCUT2D eigenvalue weighted by Crippen LogP contribution is -2.14. The zero-order chi connectivity index (χ0) is 13.1. The third kappa shape index (κ3) is 2.74. The summed E-state index contributed by atoms with van der Waals surface area (Å²) in [6.07, 6.45) is 0. The molecule has 1 aromatic carbocycles. The van der Waals surface area contributed by atoms with Gasteiger partial charge in [0.1, 0.15) is 5.15 Å². The molecule has 1 heterocycles. The fourth-order valence-electron chi connectivity index (χ4n) is 2.01. The Morgan fingerprint density at radius 1 is 1.22 bits per heavy atom. The van der Waals surface area contributed by atoms with Gasteiger partial charge in [-0.05, 0) is 25.0 Å². The van der Waals surface area contributed by atoms with Gasteiger partial charge in [0, 0.05) is 25.7 Å². The quantitative estimate of drug-likeness (QED) is 0.919. The summed E-state index contributed by atoms with van der Waals surface area (Å²) in [5, 5.41) is 8.43. The van der Waals surface area contributed by atoms with Crippen molar-refractivity contribution in [3.63, 3.8) is 0 Å². The van der Waals surface area contributed by atoms with Crippen LogP contribution in [0, 0.1) is 13.8 Å². The highest BCUT2D eigenvalue weighted by atomic mass is 35.5. The first-order valence-corrected chi connectivity index (χ1v) is 6.40. The number of nitrogens with zero attached hydrogens (tertiary/aromatic N) is 2. The lowest BCUT2D eigenvalue weighted by Gasteiger charge is -2.07. The Balaban J connectivity index is 1.99. The minimum atomic E-state index is 0.713. The number of aryl methyl sites for hydroxylation is 3. The largest absolute Gasteiger partial charge is 0.308 e. The van der Waals surface area contributed by atoms with Crippen LogP contribution in [0.25, 0.3) is 0 Å². The van der Waals surface area contributed by atoms with Gasteiger partial charge in [-0.2, -0.15) is 5.10 Å². The van der Waals surface area contributed by atoms with Crippen LogP contribution in [0.5, 0.6) is 0 Å². The second-order valence-electron chi connectivity index (χ2n) is 4.51. The molecule has 2 rings (SSSR count). The van der Waals surface area contributed by atoms with E-state index in [2.05, 4.69) is 41.6 Å². The summed E-state index contributed by atoms with van der Waals surface area (Å²) in [4.78, 5) is 0. The Labute approximate surface area is 113 Å². The minimum Gasteiger partial charge on any atom is -0.308 e. The highest BCUT2D eigenvalue weighted by Gasteiger charge is 2.10. The number of nitrogens with one attached hydrogen (secondary N) is 1. The Bertz CT molecular complexity index is 546. The lowest BCUT2D eigenvalue weighted by molar-refractivity contribution is 0.687. The third-order valence-electron chi connectivity index (χ3n) is 3.15. The highest BCUT2D eigenvalue weighted by molar-refractivity contribution is 6.30. The zero-order valence-corrected chi connectivity index (χ0v) is 11.8. The zero-order valence-electron chi connectivity index (χ0n) is 11.0. The normalized spacial score (nSPS) is 10.9. The fourth-order valence-corrected chi connectivity index (χ4v) is 2.25. The van der Waals surface area contributed by atoms with Gasteiger partial charge in [-0.1, -0.05) is 35.9 Å². The Morgan fingerprint density at radius 3 is 2.56 bits per heavy atom. The van der Waals surface area contributed by atoms with Crippen LogP contribution in [0.4, 0.5) is 0 Å². The number of hydrogen-bond acceptors (Lipinski definition) is 2. The van der Waals surface area contributed by atoms with Crippen LogP contribution in [-0.4, -0.2) is 9.78 Å². The predicted octanol–water partition coefficient (Wildman–Crippen LogP) is 2.98. The van der Waals surface area contributed by atoms with E-state index in [1.54, 1.807) is 4.68 Å². The first kappa shape index (κ1) is 13.1. The van der Waals surface area contributed by atoms with Gasteiger partial charge in [0.15, 0.2) is 0 Å². The van der Waals surface area contributed by atoms with Crippen molar-refractivity contribution in [1.82, 2.24) is 15.1 Å². The molecule has 18 heavy (non-hydrogen) atoms. The average Bonchev–Trinajstić information content (AvgIpc) is 2.58. The van der Waals surface area contributed by atoms with Gasteiger partial charge in [0.05, 0.1) is 5.69 Å². The molecule has 3 nitrogen and oxygen atoms in total. The van der Waals surface area contributed by atoms with Crippen molar-refractivity contribution in [3.05, 3.63) is 51.8 Å². The molecular formula is C14H18ClN3. The molecule has 4 heteroatoms. The van der Waals surface area contributed by atoms with E-state index in [0.29, 0.717) is 5.15 Å². The molecule has 0 unspecified atom stereocenters. The average molecular weight is 264 g/mol. The van der Waals surface area contributed by atoms with E-state index in [-0.39, 0.29) is 0 Å². The van der Waals surface area contributed by atoms with Crippen LogP contribution in [0.1, 0.15) is 22.4 Å². The second kappa shape index (κ2) is 5.55. The van der Waals surface area contributed by atoms with E-state index in [4.69, 9.17) is 11.6 Å². The summed E-state index contributed by atoms with van der Waals surface area (Å²) in [5.41, 5.74) is 4.68. The number of halogens is 1. The monoisotopic (exact) mass is 263 g/mol. The van der Waals surface area contributed by atoms with Crippen molar-refractivity contribution in [2.75, 3.05) is 0 Å². The van der Waals surface area contributed by atoms with Crippen molar-refractivity contribution < 1.29 is 0 Å². The second-order valence-corrected chi connectivity index (χ2v) is 4.87. The maximum atomic E-state index is 6.19. The molecule has 0 spiro atoms. The summed E-state index contributed by atoms with van der Waals surface area (Å²) in [6.45, 7) is 5.69. The van der Waals surface area contributed by atoms with E-state index < -0.39 is 0 Å². The first-order valence-electron chi connectivity index (χ1n) is 6.02. The summed E-state index contributed by atoms with van der Waals surface area (Å²) >= 11 is 6.19. The van der Waals surface area contributed by atoms with Crippen molar-refractivity contribution in [3.8, 4) is 0 Å². The van der Waals surface area contributed by atoms with Crippen molar-refractivity contribution in [2.45, 2.75) is 26.9 Å². The molecule has 0 aliphatic heterocycles. The van der Waals surface area contributed by atoms with Gasteiger partial charge in [0.2, 0.25) is 0 Å². The first-order chi connectivity index (χ1) is 8.59. The van der Waals surface area contributed by atoms with Crippen LogP contribution in [-0.2, 0) is 20.1 Å². The van der Waals surface area contributed by atoms with Gasteiger partial charge >= 0.3 is 0 Å². The van der Waals surface area contributed by atoms with Gasteiger partial charge in [0.25, 0.3) is 0 Å². The molecule has 0 fully saturated rings. The molecule has 0 bridgehead atoms. The highest BCUT2D eigenvalue weighted by Crippen LogP contribution is 2.18. The fraction of sp³-hybridized carbons (Fsp3) is 0.357. The molecule has 0 atom stereocenters. The predicted molar refractivity (Wildman–Crippen MR) is 74.7 cm³/mol. The van der Waals surface area contributed by atoms with E-state index in [1.807, 2.05) is 14.0 Å². The maximum Gasteiger partial charge on any atom is 0.131 e. The standard InChI is InChI=1S/C14H18ClN3/c1-10-6-4-5-7-12(10)8-16-9-13-11(2)17-18(3)14(13)15/h4-7,16H,8-9H2,1-3H3. The molecular weight excluding hydrogens is 246 g/mol. The van der Waals surface area contributed by atoms with Gasteiger partial charge in [-0.15, -0.1) is 0 Å². The molecule has 0 aliphatic carbocycles. The van der Waals surface area contributed by atoms with Gasteiger partial charge in [-0.3, -0.25) is 4.68 Å². The Morgan fingerprint density at radius 2 is 1.94 bits per heavy atom. The molecule has 0 amide bonds.